The van der Waals surface area contributed by atoms with Gasteiger partial charge in [0.1, 0.15) is 11.7 Å². The van der Waals surface area contributed by atoms with Gasteiger partial charge in [0.05, 0.1) is 11.7 Å². The van der Waals surface area contributed by atoms with Gasteiger partial charge in [-0.25, -0.2) is 4.98 Å². The molecule has 0 radical (unpaired) electrons. The Hall–Kier alpha value is -1.84. The lowest BCUT2D eigenvalue weighted by molar-refractivity contribution is 1.04. The first kappa shape index (κ1) is 7.79. The molecule has 0 bridgehead atoms. The summed E-state index contributed by atoms with van der Waals surface area (Å²) in [5.74, 6) is 1.02. The molecule has 3 N–H and O–H groups in total. The minimum absolute atomic E-state index is 0.0846. The number of aromatic nitrogens is 2. The number of rotatable bonds is 1. The summed E-state index contributed by atoms with van der Waals surface area (Å²) < 4.78 is 1.95. The number of nitrogens with two attached hydrogens (primary N) is 1. The molecule has 0 aliphatic carbocycles. The van der Waals surface area contributed by atoms with E-state index in [4.69, 9.17) is 11.1 Å². The molecule has 66 valence electrons. The van der Waals surface area contributed by atoms with Gasteiger partial charge in [0.2, 0.25) is 0 Å². The van der Waals surface area contributed by atoms with Gasteiger partial charge in [-0.05, 0) is 19.1 Å². The van der Waals surface area contributed by atoms with Crippen molar-refractivity contribution in [3.05, 3.63) is 35.9 Å². The van der Waals surface area contributed by atoms with Crippen LogP contribution in [0.3, 0.4) is 0 Å². The van der Waals surface area contributed by atoms with Crippen molar-refractivity contribution in [3.8, 4) is 0 Å². The van der Waals surface area contributed by atoms with Crippen molar-refractivity contribution < 1.29 is 0 Å². The van der Waals surface area contributed by atoms with Crippen LogP contribution in [0, 0.1) is 12.3 Å². The molecule has 0 amide bonds. The van der Waals surface area contributed by atoms with E-state index in [2.05, 4.69) is 4.98 Å². The molecule has 0 fully saturated rings. The molecule has 0 aliphatic rings. The van der Waals surface area contributed by atoms with Crippen LogP contribution in [-0.4, -0.2) is 15.2 Å². The third-order valence-electron chi connectivity index (χ3n) is 2.03. The van der Waals surface area contributed by atoms with E-state index in [1.54, 1.807) is 6.20 Å². The molecule has 0 atom stereocenters. The Morgan fingerprint density at radius 1 is 1.62 bits per heavy atom. The van der Waals surface area contributed by atoms with Crippen LogP contribution in [0.25, 0.3) is 5.52 Å². The quantitative estimate of drug-likeness (QED) is 0.498. The van der Waals surface area contributed by atoms with E-state index in [0.717, 1.165) is 16.9 Å². The second kappa shape index (κ2) is 2.58. The highest BCUT2D eigenvalue weighted by molar-refractivity contribution is 5.95. The van der Waals surface area contributed by atoms with Gasteiger partial charge in [-0.1, -0.05) is 0 Å². The average molecular weight is 174 g/mol. The number of hydrogen-bond donors (Lipinski definition) is 2. The maximum absolute atomic E-state index is 7.27. The van der Waals surface area contributed by atoms with Crippen LogP contribution in [0.2, 0.25) is 0 Å². The molecule has 0 aliphatic heterocycles. The van der Waals surface area contributed by atoms with Gasteiger partial charge >= 0.3 is 0 Å². The smallest absolute Gasteiger partial charge is 0.122 e. The van der Waals surface area contributed by atoms with E-state index in [1.165, 1.54) is 0 Å². The summed E-state index contributed by atoms with van der Waals surface area (Å²) in [5.41, 5.74) is 7.06. The molecule has 2 aromatic heterocycles. The predicted octanol–water partition coefficient (Wildman–Crippen LogP) is 0.927. The Kier molecular flexibility index (Phi) is 1.55. The first-order valence-electron chi connectivity index (χ1n) is 3.96. The highest BCUT2D eigenvalue weighted by atomic mass is 15.0. The van der Waals surface area contributed by atoms with Gasteiger partial charge in [0.15, 0.2) is 0 Å². The Bertz CT molecular complexity index is 469. The molecule has 4 nitrogen and oxygen atoms in total. The third-order valence-corrected chi connectivity index (χ3v) is 2.03. The van der Waals surface area contributed by atoms with Crippen molar-refractivity contribution in [3.63, 3.8) is 0 Å². The average Bonchev–Trinajstić information content (AvgIpc) is 2.47. The molecule has 2 rings (SSSR count). The van der Waals surface area contributed by atoms with Crippen LogP contribution in [0.5, 0.6) is 0 Å². The van der Waals surface area contributed by atoms with Crippen molar-refractivity contribution >= 4 is 11.4 Å². The van der Waals surface area contributed by atoms with Crippen molar-refractivity contribution in [1.29, 1.82) is 5.41 Å². The van der Waals surface area contributed by atoms with Gasteiger partial charge < -0.3 is 10.1 Å². The lowest BCUT2D eigenvalue weighted by atomic mass is 10.2. The highest BCUT2D eigenvalue weighted by Gasteiger charge is 2.00. The normalized spacial score (nSPS) is 10.5. The molecular weight excluding hydrogens is 164 g/mol. The van der Waals surface area contributed by atoms with Gasteiger partial charge in [-0.2, -0.15) is 0 Å². The molecule has 0 unspecified atom stereocenters. The number of hydrogen-bond acceptors (Lipinski definition) is 2. The zero-order valence-electron chi connectivity index (χ0n) is 7.28. The Labute approximate surface area is 75.5 Å². The molecular formula is C9H10N4. The van der Waals surface area contributed by atoms with Crippen LogP contribution in [0.15, 0.2) is 24.5 Å². The predicted molar refractivity (Wildman–Crippen MR) is 50.9 cm³/mol. The second-order valence-corrected chi connectivity index (χ2v) is 2.93. The fraction of sp³-hybridized carbons (Fsp3) is 0.111. The Morgan fingerprint density at radius 3 is 3.08 bits per heavy atom. The number of nitrogen functional groups attached to an aromatic ring is 1. The van der Waals surface area contributed by atoms with Gasteiger partial charge in [0.25, 0.3) is 0 Å². The van der Waals surface area contributed by atoms with E-state index in [0.29, 0.717) is 0 Å². The van der Waals surface area contributed by atoms with E-state index < -0.39 is 0 Å². The fourth-order valence-electron chi connectivity index (χ4n) is 1.30. The number of imidazole rings is 1. The third kappa shape index (κ3) is 1.16. The summed E-state index contributed by atoms with van der Waals surface area (Å²) >= 11 is 0. The zero-order chi connectivity index (χ0) is 9.42. The summed E-state index contributed by atoms with van der Waals surface area (Å²) in [7, 11) is 0. The SMILES string of the molecule is Cc1ncc2cc(C(=N)N)ccn12. The highest BCUT2D eigenvalue weighted by Crippen LogP contribution is 2.08. The second-order valence-electron chi connectivity index (χ2n) is 2.93. The Morgan fingerprint density at radius 2 is 2.38 bits per heavy atom. The molecule has 0 saturated carbocycles. The van der Waals surface area contributed by atoms with Gasteiger partial charge in [0, 0.05) is 11.8 Å². The largest absolute Gasteiger partial charge is 0.384 e. The summed E-state index contributed by atoms with van der Waals surface area (Å²) in [6.07, 6.45) is 3.64. The number of nitrogens with zero attached hydrogens (tertiary/aromatic N) is 2. The monoisotopic (exact) mass is 174 g/mol. The molecule has 2 aromatic rings. The number of nitrogens with one attached hydrogen (secondary N) is 1. The van der Waals surface area contributed by atoms with Crippen molar-refractivity contribution in [2.75, 3.05) is 0 Å². The fourth-order valence-corrected chi connectivity index (χ4v) is 1.30. The summed E-state index contributed by atoms with van der Waals surface area (Å²) in [5, 5.41) is 7.27. The van der Waals surface area contributed by atoms with Crippen molar-refractivity contribution in [2.45, 2.75) is 6.92 Å². The maximum atomic E-state index is 7.27. The van der Waals surface area contributed by atoms with Crippen LogP contribution in [0.1, 0.15) is 11.4 Å². The van der Waals surface area contributed by atoms with Crippen LogP contribution < -0.4 is 5.73 Å². The first-order chi connectivity index (χ1) is 6.18. The minimum Gasteiger partial charge on any atom is -0.384 e. The molecule has 4 heteroatoms. The van der Waals surface area contributed by atoms with E-state index in [1.807, 2.05) is 29.7 Å². The molecule has 2 heterocycles. The molecule has 13 heavy (non-hydrogen) atoms. The zero-order valence-corrected chi connectivity index (χ0v) is 7.28. The number of pyridine rings is 1. The summed E-state index contributed by atoms with van der Waals surface area (Å²) in [6, 6.07) is 3.66. The molecule has 0 saturated heterocycles. The van der Waals surface area contributed by atoms with Crippen LogP contribution >= 0.6 is 0 Å². The van der Waals surface area contributed by atoms with Gasteiger partial charge in [-0.3, -0.25) is 5.41 Å². The van der Waals surface area contributed by atoms with Crippen molar-refractivity contribution in [1.82, 2.24) is 9.38 Å². The van der Waals surface area contributed by atoms with Crippen LogP contribution in [0.4, 0.5) is 0 Å². The molecule has 0 aromatic carbocycles. The maximum Gasteiger partial charge on any atom is 0.122 e. The lowest BCUT2D eigenvalue weighted by Gasteiger charge is -1.99. The standard InChI is InChI=1S/C9H10N4/c1-6-12-5-8-4-7(9(10)11)2-3-13(6)8/h2-5H,1H3,(H3,10,11). The number of amidine groups is 1. The molecule has 0 spiro atoms. The topological polar surface area (TPSA) is 67.2 Å². The summed E-state index contributed by atoms with van der Waals surface area (Å²) in [6.45, 7) is 1.93. The minimum atomic E-state index is 0.0846. The van der Waals surface area contributed by atoms with E-state index >= 15 is 0 Å². The Balaban J connectivity index is 2.70. The first-order valence-corrected chi connectivity index (χ1v) is 3.96. The van der Waals surface area contributed by atoms with Gasteiger partial charge in [-0.15, -0.1) is 0 Å². The summed E-state index contributed by atoms with van der Waals surface area (Å²) in [4.78, 5) is 4.15. The van der Waals surface area contributed by atoms with Crippen LogP contribution in [-0.2, 0) is 0 Å². The number of aryl methyl sites for hydroxylation is 1. The van der Waals surface area contributed by atoms with Crippen molar-refractivity contribution in [2.24, 2.45) is 5.73 Å². The van der Waals surface area contributed by atoms with E-state index in [-0.39, 0.29) is 5.84 Å². The lowest BCUT2D eigenvalue weighted by Crippen LogP contribution is -2.11. The van der Waals surface area contributed by atoms with E-state index in [9.17, 15) is 0 Å². The number of fused-ring (bicyclic) bond motifs is 1.